The fraction of sp³-hybridized carbons (Fsp3) is 0.400. The number of halogens is 3. The first-order valence-electron chi connectivity index (χ1n) is 11.3. The van der Waals surface area contributed by atoms with E-state index in [4.69, 9.17) is 32.9 Å². The Kier molecular flexibility index (Phi) is 7.77. The summed E-state index contributed by atoms with van der Waals surface area (Å²) >= 11 is 16.3. The normalized spacial score (nSPS) is 15.9. The molecule has 1 atom stereocenters. The summed E-state index contributed by atoms with van der Waals surface area (Å²) in [5.41, 5.74) is 1.18. The van der Waals surface area contributed by atoms with Gasteiger partial charge in [0.25, 0.3) is 5.56 Å². The average molecular weight is 551 g/mol. The summed E-state index contributed by atoms with van der Waals surface area (Å²) in [4.78, 5) is 18.3. The third kappa shape index (κ3) is 5.44. The molecule has 0 saturated heterocycles. The second-order valence-corrected chi connectivity index (χ2v) is 10.2. The highest BCUT2D eigenvalue weighted by atomic mass is 79.9. The van der Waals surface area contributed by atoms with E-state index in [0.29, 0.717) is 38.1 Å². The zero-order valence-electron chi connectivity index (χ0n) is 18.7. The van der Waals surface area contributed by atoms with Crippen LogP contribution in [0.5, 0.6) is 5.75 Å². The molecule has 0 unspecified atom stereocenters. The van der Waals surface area contributed by atoms with E-state index < -0.39 is 0 Å². The Balaban J connectivity index is 1.77. The number of hydrogen-bond acceptors (Lipinski definition) is 4. The van der Waals surface area contributed by atoms with Gasteiger partial charge in [-0.05, 0) is 62.1 Å². The first-order chi connectivity index (χ1) is 15.9. The monoisotopic (exact) mass is 549 g/mol. The van der Waals surface area contributed by atoms with Crippen molar-refractivity contribution >= 4 is 56.2 Å². The van der Waals surface area contributed by atoms with Gasteiger partial charge in [-0.25, -0.2) is 4.98 Å². The van der Waals surface area contributed by atoms with Crippen LogP contribution in [0.1, 0.15) is 69.7 Å². The van der Waals surface area contributed by atoms with Crippen molar-refractivity contribution in [3.8, 4) is 5.75 Å². The van der Waals surface area contributed by atoms with Crippen LogP contribution in [0.3, 0.4) is 0 Å². The molecule has 0 aliphatic heterocycles. The van der Waals surface area contributed by atoms with Crippen molar-refractivity contribution in [2.24, 2.45) is 5.10 Å². The molecule has 3 aromatic rings. The molecule has 1 aliphatic carbocycles. The third-order valence-corrected chi connectivity index (χ3v) is 7.10. The number of aromatic nitrogens is 2. The maximum absolute atomic E-state index is 13.4. The molecule has 33 heavy (non-hydrogen) atoms. The fourth-order valence-electron chi connectivity index (χ4n) is 4.08. The van der Waals surface area contributed by atoms with Crippen molar-refractivity contribution in [3.63, 3.8) is 0 Å². The number of rotatable bonds is 6. The largest absolute Gasteiger partial charge is 0.488 e. The van der Waals surface area contributed by atoms with Gasteiger partial charge in [-0.2, -0.15) is 9.78 Å². The lowest BCUT2D eigenvalue weighted by atomic mass is 9.88. The Hall–Kier alpha value is -1.89. The number of ether oxygens (including phenoxy) is 1. The van der Waals surface area contributed by atoms with Crippen LogP contribution in [0.15, 0.2) is 44.7 Å². The smallest absolute Gasteiger partial charge is 0.282 e. The van der Waals surface area contributed by atoms with Crippen molar-refractivity contribution in [2.45, 2.75) is 64.4 Å². The van der Waals surface area contributed by atoms with E-state index in [1.165, 1.54) is 11.1 Å². The van der Waals surface area contributed by atoms with Gasteiger partial charge in [-0.15, -0.1) is 0 Å². The van der Waals surface area contributed by atoms with E-state index in [1.54, 1.807) is 24.4 Å². The molecule has 174 valence electrons. The maximum Gasteiger partial charge on any atom is 0.282 e. The van der Waals surface area contributed by atoms with Crippen molar-refractivity contribution in [1.82, 2.24) is 9.66 Å². The summed E-state index contributed by atoms with van der Waals surface area (Å²) in [6.45, 7) is 4.00. The summed E-state index contributed by atoms with van der Waals surface area (Å²) in [6, 6.07) is 9.04. The van der Waals surface area contributed by atoms with E-state index in [1.807, 2.05) is 26.0 Å². The third-order valence-electron chi connectivity index (χ3n) is 6.04. The molecule has 1 aromatic heterocycles. The zero-order chi connectivity index (χ0) is 23.5. The Morgan fingerprint density at radius 2 is 1.91 bits per heavy atom. The molecule has 1 heterocycles. The molecule has 8 heteroatoms. The molecule has 1 saturated carbocycles. The van der Waals surface area contributed by atoms with Crippen molar-refractivity contribution in [1.29, 1.82) is 0 Å². The quantitative estimate of drug-likeness (QED) is 0.297. The zero-order valence-corrected chi connectivity index (χ0v) is 21.8. The van der Waals surface area contributed by atoms with E-state index in [2.05, 4.69) is 21.0 Å². The predicted molar refractivity (Wildman–Crippen MR) is 139 cm³/mol. The molecule has 4 rings (SSSR count). The molecule has 0 bridgehead atoms. The molecule has 0 N–H and O–H groups in total. The number of benzene rings is 2. The van der Waals surface area contributed by atoms with Gasteiger partial charge in [0.15, 0.2) is 5.75 Å². The number of hydrogen-bond donors (Lipinski definition) is 0. The molecule has 5 nitrogen and oxygen atoms in total. The average Bonchev–Trinajstić information content (AvgIpc) is 2.81. The molecule has 0 spiro atoms. The Morgan fingerprint density at radius 1 is 1.21 bits per heavy atom. The SMILES string of the molecule is CC[C@@H](C)Oc1c(Cl)cc(C=Nn2c(C3CCCCC3)nc3ccc(Br)cc3c2=O)cc1Cl. The van der Waals surface area contributed by atoms with Gasteiger partial charge in [0.1, 0.15) is 5.82 Å². The minimum Gasteiger partial charge on any atom is -0.488 e. The van der Waals surface area contributed by atoms with Crippen LogP contribution in [0.4, 0.5) is 0 Å². The van der Waals surface area contributed by atoms with Crippen LogP contribution in [0.25, 0.3) is 10.9 Å². The molecular weight excluding hydrogens is 525 g/mol. The van der Waals surface area contributed by atoms with Gasteiger partial charge >= 0.3 is 0 Å². The van der Waals surface area contributed by atoms with Gasteiger partial charge in [0, 0.05) is 10.4 Å². The van der Waals surface area contributed by atoms with Crippen LogP contribution in [-0.2, 0) is 0 Å². The summed E-state index contributed by atoms with van der Waals surface area (Å²) in [6.07, 6.45) is 7.92. The standard InChI is InChI=1S/C25H26BrCl2N3O2/c1-3-15(2)33-23-20(27)11-16(12-21(23)28)14-29-31-24(17-7-5-4-6-8-17)30-22-10-9-18(26)13-19(22)25(31)32/h9-15,17H,3-8H2,1-2H3/t15-/m1/s1. The van der Waals surface area contributed by atoms with Gasteiger partial charge < -0.3 is 4.74 Å². The van der Waals surface area contributed by atoms with Crippen LogP contribution in [0.2, 0.25) is 10.0 Å². The fourth-order valence-corrected chi connectivity index (χ4v) is 5.03. The van der Waals surface area contributed by atoms with Crippen LogP contribution in [-0.4, -0.2) is 22.0 Å². The van der Waals surface area contributed by atoms with Gasteiger partial charge in [-0.3, -0.25) is 4.79 Å². The van der Waals surface area contributed by atoms with Crippen molar-refractivity contribution in [2.75, 3.05) is 0 Å². The maximum atomic E-state index is 13.4. The van der Waals surface area contributed by atoms with Crippen LogP contribution >= 0.6 is 39.1 Å². The Bertz CT molecular complexity index is 1230. The second-order valence-electron chi connectivity index (χ2n) is 8.48. The molecular formula is C25H26BrCl2N3O2. The topological polar surface area (TPSA) is 56.5 Å². The van der Waals surface area contributed by atoms with E-state index in [9.17, 15) is 4.79 Å². The highest BCUT2D eigenvalue weighted by Gasteiger charge is 2.22. The first kappa shape index (κ1) is 24.2. The minimum atomic E-state index is -0.188. The number of nitrogens with zero attached hydrogens (tertiary/aromatic N) is 3. The predicted octanol–water partition coefficient (Wildman–Crippen LogP) is 7.57. The van der Waals surface area contributed by atoms with Crippen LogP contribution in [0, 0.1) is 0 Å². The van der Waals surface area contributed by atoms with Gasteiger partial charge in [0.2, 0.25) is 0 Å². The number of fused-ring (bicyclic) bond motifs is 1. The summed E-state index contributed by atoms with van der Waals surface area (Å²) in [7, 11) is 0. The summed E-state index contributed by atoms with van der Waals surface area (Å²) in [5, 5.41) is 5.90. The lowest BCUT2D eigenvalue weighted by Crippen LogP contribution is -2.25. The van der Waals surface area contributed by atoms with E-state index in [0.717, 1.165) is 36.6 Å². The molecule has 1 fully saturated rings. The highest BCUT2D eigenvalue weighted by molar-refractivity contribution is 9.10. The molecule has 0 radical (unpaired) electrons. The summed E-state index contributed by atoms with van der Waals surface area (Å²) in [5.74, 6) is 1.37. The van der Waals surface area contributed by atoms with E-state index in [-0.39, 0.29) is 17.6 Å². The van der Waals surface area contributed by atoms with Crippen LogP contribution < -0.4 is 10.3 Å². The van der Waals surface area contributed by atoms with Gasteiger partial charge in [-0.1, -0.05) is 65.3 Å². The Morgan fingerprint density at radius 3 is 2.58 bits per heavy atom. The van der Waals surface area contributed by atoms with Crippen molar-refractivity contribution in [3.05, 3.63) is 66.6 Å². The molecule has 1 aliphatic rings. The Labute approximate surface area is 211 Å². The lowest BCUT2D eigenvalue weighted by Gasteiger charge is -2.22. The lowest BCUT2D eigenvalue weighted by molar-refractivity contribution is 0.218. The molecule has 0 amide bonds. The van der Waals surface area contributed by atoms with Crippen molar-refractivity contribution < 1.29 is 4.74 Å². The van der Waals surface area contributed by atoms with Gasteiger partial charge in [0.05, 0.1) is 33.3 Å². The first-order valence-corrected chi connectivity index (χ1v) is 12.8. The second kappa shape index (κ2) is 10.6. The van der Waals surface area contributed by atoms with E-state index >= 15 is 0 Å². The molecule has 2 aromatic carbocycles. The highest BCUT2D eigenvalue weighted by Crippen LogP contribution is 2.35. The minimum absolute atomic E-state index is 0.000793. The summed E-state index contributed by atoms with van der Waals surface area (Å²) < 4.78 is 8.11.